The minimum Gasteiger partial charge on any atom is -0.496 e. The summed E-state index contributed by atoms with van der Waals surface area (Å²) in [6.45, 7) is 27.1. The molecule has 0 radical (unpaired) electrons. The monoisotopic (exact) mass is 890 g/mol. The van der Waals surface area contributed by atoms with Crippen molar-refractivity contribution in [2.24, 2.45) is 0 Å². The van der Waals surface area contributed by atoms with Gasteiger partial charge >= 0.3 is 6.03 Å². The van der Waals surface area contributed by atoms with E-state index >= 15 is 4.79 Å². The van der Waals surface area contributed by atoms with Crippen molar-refractivity contribution in [2.45, 2.75) is 105 Å². The fourth-order valence-electron chi connectivity index (χ4n) is 8.39. The highest BCUT2D eigenvalue weighted by molar-refractivity contribution is 7.72. The maximum absolute atomic E-state index is 15.8. The van der Waals surface area contributed by atoms with E-state index in [4.69, 9.17) is 18.9 Å². The van der Waals surface area contributed by atoms with E-state index in [1.807, 2.05) is 41.0 Å². The topological polar surface area (TPSA) is 71.0 Å². The highest BCUT2D eigenvalue weighted by Crippen LogP contribution is 2.45. The van der Waals surface area contributed by atoms with Crippen LogP contribution in [0.25, 0.3) is 44.1 Å². The number of aromatic nitrogens is 1. The largest absolute Gasteiger partial charge is 0.496 e. The van der Waals surface area contributed by atoms with Crippen LogP contribution in [0, 0.1) is 0 Å². The van der Waals surface area contributed by atoms with E-state index in [0.29, 0.717) is 33.6 Å². The lowest BCUT2D eigenvalue weighted by Gasteiger charge is -2.27. The lowest BCUT2D eigenvalue weighted by atomic mass is 9.79. The van der Waals surface area contributed by atoms with Crippen molar-refractivity contribution in [3.05, 3.63) is 131 Å². The number of ether oxygens (including phenoxy) is 4. The first-order valence-electron chi connectivity index (χ1n) is 22.4. The molecule has 0 bridgehead atoms. The molecule has 0 aliphatic heterocycles. The average Bonchev–Trinajstić information content (AvgIpc) is 3.59. The Hall–Kier alpha value is -5.78. The Morgan fingerprint density at radius 1 is 0.431 bits per heavy atom. The van der Waals surface area contributed by atoms with E-state index in [-0.39, 0.29) is 27.7 Å². The molecule has 8 heteroatoms. The van der Waals surface area contributed by atoms with Gasteiger partial charge in [0.05, 0.1) is 58.2 Å². The highest BCUT2D eigenvalue weighted by atomic mass is 31.1. The second-order valence-electron chi connectivity index (χ2n) is 21.2. The van der Waals surface area contributed by atoms with Crippen LogP contribution in [0.15, 0.2) is 109 Å². The summed E-state index contributed by atoms with van der Waals surface area (Å²) in [6.07, 6.45) is 0. The average molecular weight is 891 g/mol. The van der Waals surface area contributed by atoms with Crippen LogP contribution in [0.2, 0.25) is 0 Å². The van der Waals surface area contributed by atoms with Crippen LogP contribution < -0.4 is 34.6 Å². The first-order chi connectivity index (χ1) is 30.5. The molecule has 65 heavy (non-hydrogen) atoms. The van der Waals surface area contributed by atoms with Gasteiger partial charge in [-0.2, -0.15) is 0 Å². The second kappa shape index (κ2) is 17.5. The molecule has 1 amide bonds. The normalized spacial score (nSPS) is 12.5. The third kappa shape index (κ3) is 9.36. The highest BCUT2D eigenvalue weighted by Gasteiger charge is 2.32. The van der Waals surface area contributed by atoms with Gasteiger partial charge < -0.3 is 24.0 Å². The Kier molecular flexibility index (Phi) is 12.7. The minimum atomic E-state index is -1.81. The molecule has 0 saturated carbocycles. The maximum Gasteiger partial charge on any atom is 0.330 e. The molecule has 7 rings (SSSR count). The molecule has 0 aliphatic carbocycles. The van der Waals surface area contributed by atoms with Crippen molar-refractivity contribution in [3.8, 4) is 45.3 Å². The predicted octanol–water partition coefficient (Wildman–Crippen LogP) is 14.0. The molecular weight excluding hydrogens is 824 g/mol. The quantitative estimate of drug-likeness (QED) is 0.146. The number of methoxy groups -OCH3 is 4. The number of nitrogens with one attached hydrogen (secondary N) is 1. The number of hydrogen-bond acceptors (Lipinski definition) is 5. The smallest absolute Gasteiger partial charge is 0.330 e. The van der Waals surface area contributed by atoms with Gasteiger partial charge in [0.15, 0.2) is 0 Å². The number of rotatable bonds is 9. The van der Waals surface area contributed by atoms with Crippen LogP contribution in [0.5, 0.6) is 23.0 Å². The molecule has 1 aromatic heterocycles. The van der Waals surface area contributed by atoms with Crippen molar-refractivity contribution in [3.63, 3.8) is 0 Å². The SMILES string of the molecule is COc1cccc(OC)c1P(NC(=O)n1c2cc(-c3cc(C(C)(C)C)cc(C(C)(C)C)c3)ccc2c2ccc(-c3cc(C(C)(C)C)cc(C(C)(C)C)c3)cc21)c1c(OC)cccc1OC. The molecule has 0 atom stereocenters. The molecule has 7 nitrogen and oxygen atoms in total. The first-order valence-corrected chi connectivity index (χ1v) is 23.8. The van der Waals surface area contributed by atoms with Gasteiger partial charge in [-0.1, -0.05) is 156 Å². The van der Waals surface area contributed by atoms with Crippen molar-refractivity contribution >= 4 is 46.5 Å². The molecule has 7 aromatic rings. The summed E-state index contributed by atoms with van der Waals surface area (Å²) >= 11 is 0. The number of nitrogens with zero attached hydrogens (tertiary/aromatic N) is 1. The van der Waals surface area contributed by atoms with Crippen molar-refractivity contribution in [1.29, 1.82) is 0 Å². The van der Waals surface area contributed by atoms with Crippen LogP contribution >= 0.6 is 8.07 Å². The summed E-state index contributed by atoms with van der Waals surface area (Å²) in [5.41, 5.74) is 10.6. The summed E-state index contributed by atoms with van der Waals surface area (Å²) < 4.78 is 25.9. The van der Waals surface area contributed by atoms with E-state index in [1.165, 1.54) is 22.3 Å². The van der Waals surface area contributed by atoms with Gasteiger partial charge in [-0.3, -0.25) is 4.57 Å². The Labute approximate surface area is 388 Å². The molecular formula is C57H67N2O5P. The molecule has 340 valence electrons. The van der Waals surface area contributed by atoms with E-state index in [0.717, 1.165) is 44.1 Å². The summed E-state index contributed by atoms with van der Waals surface area (Å²) in [5.74, 6) is 2.27. The van der Waals surface area contributed by atoms with Gasteiger partial charge in [0, 0.05) is 10.8 Å². The van der Waals surface area contributed by atoms with E-state index in [9.17, 15) is 0 Å². The lowest BCUT2D eigenvalue weighted by molar-refractivity contribution is 0.249. The fraction of sp³-hybridized carbons (Fsp3) is 0.351. The third-order valence-electron chi connectivity index (χ3n) is 12.4. The summed E-state index contributed by atoms with van der Waals surface area (Å²) in [4.78, 5) is 15.8. The molecule has 0 saturated heterocycles. The standard InChI is InChI=1S/C57H67N2O5P/c1-54(2,3)39-27-37(28-40(33-39)55(4,5)6)35-23-25-43-44-26-24-36(38-29-41(56(7,8)9)34-42(30-38)57(10,11)12)32-46(44)59(45(43)31-35)53(60)58-65(51-47(61-13)19-17-20-48(51)62-14)52-49(63-15)21-18-22-50(52)64-16/h17-34H,1-16H3,(H,58,60). The van der Waals surface area contributed by atoms with Gasteiger partial charge in [-0.05, 0) is 103 Å². The fourth-order valence-corrected chi connectivity index (χ4v) is 10.7. The van der Waals surface area contributed by atoms with Crippen molar-refractivity contribution < 1.29 is 23.7 Å². The summed E-state index contributed by atoms with van der Waals surface area (Å²) in [6, 6.07) is 38.0. The number of amides is 1. The predicted molar refractivity (Wildman–Crippen MR) is 274 cm³/mol. The Morgan fingerprint density at radius 2 is 0.738 bits per heavy atom. The van der Waals surface area contributed by atoms with Crippen LogP contribution in [-0.2, 0) is 21.7 Å². The molecule has 0 unspecified atom stereocenters. The molecule has 0 spiro atoms. The van der Waals surface area contributed by atoms with E-state index in [2.05, 4.69) is 161 Å². The third-order valence-corrected chi connectivity index (χ3v) is 14.6. The number of fused-ring (bicyclic) bond motifs is 3. The number of hydrogen-bond donors (Lipinski definition) is 1. The second-order valence-corrected chi connectivity index (χ2v) is 23.0. The van der Waals surface area contributed by atoms with Crippen LogP contribution in [0.3, 0.4) is 0 Å². The Bertz CT molecular complexity index is 2620. The first kappa shape index (κ1) is 47.2. The van der Waals surface area contributed by atoms with E-state index in [1.54, 1.807) is 28.4 Å². The summed E-state index contributed by atoms with van der Waals surface area (Å²) in [5, 5.41) is 6.86. The maximum atomic E-state index is 15.8. The molecule has 6 aromatic carbocycles. The van der Waals surface area contributed by atoms with Gasteiger partial charge in [-0.25, -0.2) is 4.79 Å². The molecule has 0 aliphatic rings. The van der Waals surface area contributed by atoms with Gasteiger partial charge in [0.2, 0.25) is 0 Å². The zero-order valence-electron chi connectivity index (χ0n) is 41.3. The van der Waals surface area contributed by atoms with Crippen molar-refractivity contribution in [1.82, 2.24) is 9.65 Å². The number of benzene rings is 6. The van der Waals surface area contributed by atoms with Gasteiger partial charge in [0.25, 0.3) is 0 Å². The van der Waals surface area contributed by atoms with Crippen LogP contribution in [-0.4, -0.2) is 39.0 Å². The lowest BCUT2D eigenvalue weighted by Crippen LogP contribution is -2.33. The Balaban J connectivity index is 1.55. The summed E-state index contributed by atoms with van der Waals surface area (Å²) in [7, 11) is 4.70. The van der Waals surface area contributed by atoms with Crippen LogP contribution in [0.1, 0.15) is 105 Å². The van der Waals surface area contributed by atoms with Crippen molar-refractivity contribution in [2.75, 3.05) is 28.4 Å². The van der Waals surface area contributed by atoms with Crippen LogP contribution in [0.4, 0.5) is 4.79 Å². The Morgan fingerprint density at radius 3 is 1.02 bits per heavy atom. The molecule has 1 heterocycles. The molecule has 1 N–H and O–H groups in total. The number of carbonyl (C=O) groups is 1. The minimum absolute atomic E-state index is 0.0707. The van der Waals surface area contributed by atoms with Gasteiger partial charge in [0.1, 0.15) is 23.0 Å². The zero-order chi connectivity index (χ0) is 47.4. The van der Waals surface area contributed by atoms with Gasteiger partial charge in [-0.15, -0.1) is 0 Å². The number of carbonyl (C=O) groups excluding carboxylic acids is 1. The molecule has 0 fully saturated rings. The van der Waals surface area contributed by atoms with E-state index < -0.39 is 8.07 Å². The zero-order valence-corrected chi connectivity index (χ0v) is 42.2.